The number of carbonyl (C=O) groups is 1. The second-order valence-electron chi connectivity index (χ2n) is 14.3. The average Bonchev–Trinajstić information content (AvgIpc) is 3.64. The van der Waals surface area contributed by atoms with E-state index >= 15 is 0 Å². The first-order valence-electron chi connectivity index (χ1n) is 19.4. The maximum atomic E-state index is 13.9. The molecule has 6 rings (SSSR count). The predicted molar refractivity (Wildman–Crippen MR) is 225 cm³/mol. The fourth-order valence-corrected chi connectivity index (χ4v) is 8.89. The molecule has 2 heterocycles. The van der Waals surface area contributed by atoms with Crippen molar-refractivity contribution in [3.05, 3.63) is 154 Å². The summed E-state index contributed by atoms with van der Waals surface area (Å²) in [6.45, 7) is 8.34. The molecule has 1 aromatic heterocycles. The van der Waals surface area contributed by atoms with Crippen LogP contribution in [0, 0.1) is 11.3 Å². The zero-order valence-electron chi connectivity index (χ0n) is 34.1. The van der Waals surface area contributed by atoms with Crippen molar-refractivity contribution in [2.24, 2.45) is 0 Å². The van der Waals surface area contributed by atoms with Gasteiger partial charge in [0.1, 0.15) is 35.1 Å². The SMILES string of the molecule is COc1ccc(C(O[C@H]2CO[C@@H](n3ccc(NC(=O)c4ccccc4)nc3=O)[C@@H]2OP(OCCC#N)N(C(C)C)C(C)C)(c2ccccc2)c2ccc(OC)cc2)cc1. The first kappa shape index (κ1) is 43.1. The summed E-state index contributed by atoms with van der Waals surface area (Å²) in [5.41, 5.74) is 0.925. The van der Waals surface area contributed by atoms with Gasteiger partial charge in [-0.2, -0.15) is 10.2 Å². The fourth-order valence-electron chi connectivity index (χ4n) is 7.13. The van der Waals surface area contributed by atoms with Gasteiger partial charge in [-0.15, -0.1) is 0 Å². The quantitative estimate of drug-likeness (QED) is 0.0520. The number of nitrogens with one attached hydrogen (secondary N) is 1. The summed E-state index contributed by atoms with van der Waals surface area (Å²) in [6, 6.07) is 37.6. The number of anilines is 1. The van der Waals surface area contributed by atoms with Crippen molar-refractivity contribution in [1.29, 1.82) is 5.26 Å². The van der Waals surface area contributed by atoms with Crippen LogP contribution in [0.5, 0.6) is 11.5 Å². The minimum absolute atomic E-state index is 0.0118. The number of aromatic nitrogens is 2. The molecular weight excluding hydrogens is 769 g/mol. The van der Waals surface area contributed by atoms with Gasteiger partial charge in [-0.3, -0.25) is 9.36 Å². The van der Waals surface area contributed by atoms with Gasteiger partial charge in [0.15, 0.2) is 6.23 Å². The highest BCUT2D eigenvalue weighted by Gasteiger charge is 2.50. The number of amides is 1. The van der Waals surface area contributed by atoms with Crippen LogP contribution in [0.3, 0.4) is 0 Å². The number of carbonyl (C=O) groups excluding carboxylic acids is 1. The van der Waals surface area contributed by atoms with Crippen LogP contribution >= 0.6 is 8.53 Å². The Morgan fingerprint density at radius 3 is 1.97 bits per heavy atom. The van der Waals surface area contributed by atoms with E-state index in [1.165, 1.54) is 10.8 Å². The Bertz CT molecular complexity index is 2160. The number of rotatable bonds is 18. The number of ether oxygens (including phenoxy) is 4. The smallest absolute Gasteiger partial charge is 0.351 e. The molecule has 1 N–H and O–H groups in total. The number of hydrogen-bond donors (Lipinski definition) is 1. The lowest BCUT2D eigenvalue weighted by atomic mass is 9.79. The number of benzene rings is 4. The monoisotopic (exact) mass is 819 g/mol. The summed E-state index contributed by atoms with van der Waals surface area (Å²) in [5, 5.41) is 12.2. The van der Waals surface area contributed by atoms with E-state index in [0.717, 1.165) is 16.7 Å². The molecule has 13 nitrogen and oxygen atoms in total. The number of hydrogen-bond acceptors (Lipinski definition) is 11. The van der Waals surface area contributed by atoms with Crippen LogP contribution in [-0.2, 0) is 24.1 Å². The highest BCUT2D eigenvalue weighted by atomic mass is 31.2. The van der Waals surface area contributed by atoms with E-state index < -0.39 is 44.2 Å². The highest BCUT2D eigenvalue weighted by molar-refractivity contribution is 7.44. The van der Waals surface area contributed by atoms with Crippen molar-refractivity contribution < 1.29 is 32.8 Å². The lowest BCUT2D eigenvalue weighted by Gasteiger charge is -2.41. The van der Waals surface area contributed by atoms with Crippen LogP contribution in [0.15, 0.2) is 126 Å². The van der Waals surface area contributed by atoms with Crippen molar-refractivity contribution in [1.82, 2.24) is 14.2 Å². The van der Waals surface area contributed by atoms with Gasteiger partial charge in [0.2, 0.25) is 0 Å². The molecule has 0 aliphatic carbocycles. The lowest BCUT2D eigenvalue weighted by Crippen LogP contribution is -2.44. The van der Waals surface area contributed by atoms with Crippen LogP contribution in [0.25, 0.3) is 0 Å². The molecule has 0 saturated carbocycles. The second kappa shape index (κ2) is 20.0. The topological polar surface area (TPSA) is 146 Å². The molecule has 4 atom stereocenters. The number of methoxy groups -OCH3 is 2. The molecule has 0 radical (unpaired) electrons. The molecule has 308 valence electrons. The van der Waals surface area contributed by atoms with Gasteiger partial charge in [-0.25, -0.2) is 9.46 Å². The van der Waals surface area contributed by atoms with E-state index in [4.69, 9.17) is 28.0 Å². The van der Waals surface area contributed by atoms with Crippen LogP contribution in [0.2, 0.25) is 0 Å². The van der Waals surface area contributed by atoms with Gasteiger partial charge < -0.3 is 33.3 Å². The zero-order valence-corrected chi connectivity index (χ0v) is 35.0. The summed E-state index contributed by atoms with van der Waals surface area (Å²) < 4.78 is 42.0. The van der Waals surface area contributed by atoms with E-state index in [9.17, 15) is 14.9 Å². The van der Waals surface area contributed by atoms with E-state index in [-0.39, 0.29) is 37.5 Å². The standard InChI is InChI=1S/C45H50N5O8P/c1-31(2)50(32(3)4)59(56-29-13-27-46)58-41-39(30-55-43(41)49-28-26-40(48-44(49)52)47-42(51)33-14-9-7-10-15-33)57-45(34-16-11-8-12-17-34,35-18-22-37(53-5)23-19-35)36-20-24-38(54-6)25-21-36/h7-12,14-26,28,31-32,39,41,43H,13,29-30H2,1-6H3,(H,47,48,51,52)/t39-,41+,43+,59?/m0/s1. The molecule has 1 fully saturated rings. The summed E-state index contributed by atoms with van der Waals surface area (Å²) in [7, 11) is 1.39. The Balaban J connectivity index is 1.48. The minimum Gasteiger partial charge on any atom is -0.497 e. The predicted octanol–water partition coefficient (Wildman–Crippen LogP) is 8.08. The molecule has 1 unspecified atom stereocenters. The first-order chi connectivity index (χ1) is 28.6. The van der Waals surface area contributed by atoms with Crippen LogP contribution in [0.1, 0.15) is 67.4 Å². The van der Waals surface area contributed by atoms with Gasteiger partial charge in [-0.1, -0.05) is 72.8 Å². The maximum Gasteiger partial charge on any atom is 0.351 e. The number of nitrogens with zero attached hydrogens (tertiary/aromatic N) is 4. The Hall–Kier alpha value is -5.45. The maximum absolute atomic E-state index is 13.9. The van der Waals surface area contributed by atoms with Gasteiger partial charge in [-0.05, 0) is 86.8 Å². The molecule has 1 amide bonds. The second-order valence-corrected chi connectivity index (χ2v) is 15.7. The third-order valence-corrected chi connectivity index (χ3v) is 12.0. The average molecular weight is 820 g/mol. The zero-order chi connectivity index (χ0) is 41.9. The number of nitriles is 1. The largest absolute Gasteiger partial charge is 0.497 e. The first-order valence-corrected chi connectivity index (χ1v) is 20.6. The van der Waals surface area contributed by atoms with Crippen molar-refractivity contribution in [2.45, 2.75) is 70.2 Å². The summed E-state index contributed by atoms with van der Waals surface area (Å²) in [4.78, 5) is 31.1. The molecule has 0 bridgehead atoms. The van der Waals surface area contributed by atoms with E-state index in [0.29, 0.717) is 17.1 Å². The minimum atomic E-state index is -1.84. The Kier molecular flexibility index (Phi) is 14.6. The molecular formula is C45H50N5O8P. The van der Waals surface area contributed by atoms with Crippen molar-refractivity contribution in [3.8, 4) is 17.6 Å². The molecule has 4 aromatic carbocycles. The van der Waals surface area contributed by atoms with Crippen molar-refractivity contribution >= 4 is 20.3 Å². The van der Waals surface area contributed by atoms with Gasteiger partial charge in [0, 0.05) is 23.8 Å². The van der Waals surface area contributed by atoms with Gasteiger partial charge >= 0.3 is 5.69 Å². The third kappa shape index (κ3) is 9.89. The van der Waals surface area contributed by atoms with Crippen molar-refractivity contribution in [3.63, 3.8) is 0 Å². The Labute approximate surface area is 346 Å². The molecule has 1 saturated heterocycles. The van der Waals surface area contributed by atoms with Crippen molar-refractivity contribution in [2.75, 3.05) is 32.8 Å². The third-order valence-electron chi connectivity index (χ3n) is 9.84. The summed E-state index contributed by atoms with van der Waals surface area (Å²) in [5.74, 6) is 1.03. The molecule has 0 spiro atoms. The normalized spacial score (nSPS) is 17.2. The van der Waals surface area contributed by atoms with E-state index in [2.05, 4.69) is 21.0 Å². The van der Waals surface area contributed by atoms with E-state index in [1.54, 1.807) is 44.6 Å². The van der Waals surface area contributed by atoms with Gasteiger partial charge in [0.05, 0.1) is 39.9 Å². The fraction of sp³-hybridized carbons (Fsp3) is 0.333. The van der Waals surface area contributed by atoms with E-state index in [1.807, 2.05) is 113 Å². The Morgan fingerprint density at radius 1 is 0.881 bits per heavy atom. The lowest BCUT2D eigenvalue weighted by molar-refractivity contribution is -0.0855. The molecule has 14 heteroatoms. The molecule has 1 aliphatic rings. The van der Waals surface area contributed by atoms with Crippen LogP contribution < -0.4 is 20.5 Å². The molecule has 1 aliphatic heterocycles. The van der Waals surface area contributed by atoms with Crippen LogP contribution in [0.4, 0.5) is 5.82 Å². The summed E-state index contributed by atoms with van der Waals surface area (Å²) >= 11 is 0. The highest BCUT2D eigenvalue weighted by Crippen LogP contribution is 2.52. The molecule has 59 heavy (non-hydrogen) atoms. The van der Waals surface area contributed by atoms with Gasteiger partial charge in [0.25, 0.3) is 14.4 Å². The van der Waals surface area contributed by atoms with Crippen LogP contribution in [-0.4, -0.2) is 71.9 Å². The Morgan fingerprint density at radius 2 is 1.44 bits per heavy atom. The summed E-state index contributed by atoms with van der Waals surface area (Å²) in [6.07, 6.45) is -1.13. The molecule has 5 aromatic rings.